The van der Waals surface area contributed by atoms with Crippen LogP contribution >= 0.6 is 0 Å². The second-order valence-corrected chi connectivity index (χ2v) is 5.14. The van der Waals surface area contributed by atoms with Crippen LogP contribution in [0.1, 0.15) is 17.5 Å². The largest absolute Gasteiger partial charge is 0.326 e. The zero-order chi connectivity index (χ0) is 13.8. The number of hydrogen-bond acceptors (Lipinski definition) is 2. The molecule has 0 aromatic heterocycles. The van der Waals surface area contributed by atoms with Crippen molar-refractivity contribution in [3.8, 4) is 0 Å². The van der Waals surface area contributed by atoms with E-state index in [1.807, 2.05) is 30.3 Å². The summed E-state index contributed by atoms with van der Waals surface area (Å²) in [5, 5.41) is 2.92. The van der Waals surface area contributed by atoms with E-state index in [2.05, 4.69) is 34.5 Å². The molecule has 2 aromatic carbocycles. The van der Waals surface area contributed by atoms with Gasteiger partial charge in [0.25, 0.3) is 0 Å². The van der Waals surface area contributed by atoms with E-state index in [9.17, 15) is 4.79 Å². The highest BCUT2D eigenvalue weighted by atomic mass is 16.1. The minimum Gasteiger partial charge on any atom is -0.326 e. The van der Waals surface area contributed by atoms with Crippen LogP contribution in [0.15, 0.2) is 54.6 Å². The Bertz CT molecular complexity index is 570. The Hall–Kier alpha value is -2.13. The second kappa shape index (κ2) is 5.88. The summed E-state index contributed by atoms with van der Waals surface area (Å²) in [6.07, 6.45) is 0.531. The maximum absolute atomic E-state index is 11.9. The molecule has 2 aromatic rings. The Morgan fingerprint density at radius 3 is 2.20 bits per heavy atom. The number of nitrogens with zero attached hydrogens (tertiary/aromatic N) is 1. The first-order valence-electron chi connectivity index (χ1n) is 6.95. The maximum atomic E-state index is 11.9. The van der Waals surface area contributed by atoms with Crippen LogP contribution in [-0.2, 0) is 17.9 Å². The molecule has 1 aliphatic heterocycles. The Labute approximate surface area is 119 Å². The van der Waals surface area contributed by atoms with Crippen LogP contribution in [0.3, 0.4) is 0 Å². The third-order valence-electron chi connectivity index (χ3n) is 3.62. The molecule has 0 atom stereocenters. The highest BCUT2D eigenvalue weighted by molar-refractivity contribution is 5.90. The highest BCUT2D eigenvalue weighted by Gasteiger charge is 2.18. The normalized spacial score (nSPS) is 14.0. The summed E-state index contributed by atoms with van der Waals surface area (Å²) in [4.78, 5) is 14.2. The van der Waals surface area contributed by atoms with E-state index >= 15 is 0 Å². The summed E-state index contributed by atoms with van der Waals surface area (Å²) in [6.45, 7) is 2.71. The topological polar surface area (TPSA) is 32.3 Å². The average molecular weight is 266 g/mol. The summed E-state index contributed by atoms with van der Waals surface area (Å²) in [6, 6.07) is 18.1. The lowest BCUT2D eigenvalue weighted by molar-refractivity contribution is -0.116. The summed E-state index contributed by atoms with van der Waals surface area (Å²) >= 11 is 0. The molecule has 3 heteroatoms. The Morgan fingerprint density at radius 1 is 0.950 bits per heavy atom. The Kier molecular flexibility index (Phi) is 3.79. The van der Waals surface area contributed by atoms with Gasteiger partial charge in [0.15, 0.2) is 0 Å². The summed E-state index contributed by atoms with van der Waals surface area (Å²) in [5.41, 5.74) is 3.63. The van der Waals surface area contributed by atoms with Gasteiger partial charge in [-0.05, 0) is 23.3 Å². The smallest absolute Gasteiger partial charge is 0.225 e. The molecule has 102 valence electrons. The van der Waals surface area contributed by atoms with Gasteiger partial charge in [0, 0.05) is 31.7 Å². The van der Waals surface area contributed by atoms with E-state index in [1.165, 1.54) is 11.1 Å². The fourth-order valence-corrected chi connectivity index (χ4v) is 2.57. The third-order valence-corrected chi connectivity index (χ3v) is 3.62. The van der Waals surface area contributed by atoms with Gasteiger partial charge in [-0.15, -0.1) is 0 Å². The lowest BCUT2D eigenvalue weighted by Gasteiger charge is -2.14. The number of hydrogen-bond donors (Lipinski definition) is 1. The van der Waals surface area contributed by atoms with Crippen molar-refractivity contribution in [3.63, 3.8) is 0 Å². The number of amides is 1. The van der Waals surface area contributed by atoms with Gasteiger partial charge in [0.2, 0.25) is 5.91 Å². The van der Waals surface area contributed by atoms with Gasteiger partial charge < -0.3 is 5.32 Å². The molecule has 0 unspecified atom stereocenters. The molecule has 0 fully saturated rings. The number of anilines is 1. The predicted octanol–water partition coefficient (Wildman–Crippen LogP) is 3.03. The fraction of sp³-hybridized carbons (Fsp3) is 0.235. The van der Waals surface area contributed by atoms with Crippen molar-refractivity contribution >= 4 is 11.6 Å². The number of para-hydroxylation sites is 1. The van der Waals surface area contributed by atoms with E-state index in [0.717, 1.165) is 25.3 Å². The monoisotopic (exact) mass is 266 g/mol. The standard InChI is InChI=1S/C17H18N2O/c20-17(18-16-8-2-1-3-9-16)10-11-19-12-14-6-4-5-7-15(14)13-19/h1-9H,10-13H2,(H,18,20). The highest BCUT2D eigenvalue weighted by Crippen LogP contribution is 2.22. The van der Waals surface area contributed by atoms with Crippen molar-refractivity contribution < 1.29 is 4.79 Å². The van der Waals surface area contributed by atoms with E-state index in [-0.39, 0.29) is 5.91 Å². The van der Waals surface area contributed by atoms with Gasteiger partial charge >= 0.3 is 0 Å². The van der Waals surface area contributed by atoms with Crippen molar-refractivity contribution in [3.05, 3.63) is 65.7 Å². The van der Waals surface area contributed by atoms with Gasteiger partial charge in [0.1, 0.15) is 0 Å². The van der Waals surface area contributed by atoms with Gasteiger partial charge in [-0.25, -0.2) is 0 Å². The Balaban J connectivity index is 1.48. The zero-order valence-electron chi connectivity index (χ0n) is 11.4. The molecule has 0 bridgehead atoms. The predicted molar refractivity (Wildman–Crippen MR) is 80.2 cm³/mol. The fourth-order valence-electron chi connectivity index (χ4n) is 2.57. The molecule has 1 amide bonds. The molecule has 3 nitrogen and oxygen atoms in total. The second-order valence-electron chi connectivity index (χ2n) is 5.14. The molecule has 1 heterocycles. The first kappa shape index (κ1) is 12.9. The first-order chi connectivity index (χ1) is 9.81. The van der Waals surface area contributed by atoms with E-state index in [1.54, 1.807) is 0 Å². The number of carbonyl (C=O) groups is 1. The quantitative estimate of drug-likeness (QED) is 0.922. The van der Waals surface area contributed by atoms with Crippen molar-refractivity contribution in [1.82, 2.24) is 4.90 Å². The Morgan fingerprint density at radius 2 is 1.55 bits per heavy atom. The van der Waals surface area contributed by atoms with Crippen molar-refractivity contribution in [1.29, 1.82) is 0 Å². The minimum atomic E-state index is 0.0761. The number of benzene rings is 2. The van der Waals surface area contributed by atoms with Crippen LogP contribution in [-0.4, -0.2) is 17.4 Å². The lowest BCUT2D eigenvalue weighted by Crippen LogP contribution is -2.23. The lowest BCUT2D eigenvalue weighted by atomic mass is 10.1. The zero-order valence-corrected chi connectivity index (χ0v) is 11.4. The number of fused-ring (bicyclic) bond motifs is 1. The van der Waals surface area contributed by atoms with Crippen LogP contribution in [0.5, 0.6) is 0 Å². The van der Waals surface area contributed by atoms with E-state index in [0.29, 0.717) is 6.42 Å². The van der Waals surface area contributed by atoms with E-state index < -0.39 is 0 Å². The van der Waals surface area contributed by atoms with Crippen LogP contribution in [0.2, 0.25) is 0 Å². The number of rotatable bonds is 4. The molecule has 0 saturated heterocycles. The van der Waals surface area contributed by atoms with Crippen LogP contribution < -0.4 is 5.32 Å². The molecule has 0 spiro atoms. The van der Waals surface area contributed by atoms with Crippen LogP contribution in [0, 0.1) is 0 Å². The molecular weight excluding hydrogens is 248 g/mol. The minimum absolute atomic E-state index is 0.0761. The van der Waals surface area contributed by atoms with Gasteiger partial charge in [0.05, 0.1) is 0 Å². The molecule has 0 radical (unpaired) electrons. The molecule has 0 saturated carbocycles. The SMILES string of the molecule is O=C(CCN1Cc2ccccc2C1)Nc1ccccc1. The number of nitrogens with one attached hydrogen (secondary N) is 1. The summed E-state index contributed by atoms with van der Waals surface area (Å²) < 4.78 is 0. The summed E-state index contributed by atoms with van der Waals surface area (Å²) in [7, 11) is 0. The number of carbonyl (C=O) groups excluding carboxylic acids is 1. The maximum Gasteiger partial charge on any atom is 0.225 e. The average Bonchev–Trinajstić information content (AvgIpc) is 2.89. The van der Waals surface area contributed by atoms with Gasteiger partial charge in [-0.1, -0.05) is 42.5 Å². The van der Waals surface area contributed by atoms with Crippen molar-refractivity contribution in [2.24, 2.45) is 0 Å². The van der Waals surface area contributed by atoms with Crippen molar-refractivity contribution in [2.45, 2.75) is 19.5 Å². The molecular formula is C17H18N2O. The van der Waals surface area contributed by atoms with Crippen LogP contribution in [0.25, 0.3) is 0 Å². The van der Waals surface area contributed by atoms with Gasteiger partial charge in [-0.2, -0.15) is 0 Å². The molecule has 1 N–H and O–H groups in total. The van der Waals surface area contributed by atoms with Gasteiger partial charge in [-0.3, -0.25) is 9.69 Å². The molecule has 20 heavy (non-hydrogen) atoms. The summed E-state index contributed by atoms with van der Waals surface area (Å²) in [5.74, 6) is 0.0761. The molecule has 3 rings (SSSR count). The van der Waals surface area contributed by atoms with Crippen LogP contribution in [0.4, 0.5) is 5.69 Å². The van der Waals surface area contributed by atoms with E-state index in [4.69, 9.17) is 0 Å². The third kappa shape index (κ3) is 3.06. The molecule has 1 aliphatic rings. The first-order valence-corrected chi connectivity index (χ1v) is 6.95. The molecule has 0 aliphatic carbocycles. The van der Waals surface area contributed by atoms with Crippen molar-refractivity contribution in [2.75, 3.05) is 11.9 Å².